The van der Waals surface area contributed by atoms with Gasteiger partial charge in [-0.3, -0.25) is 9.48 Å². The number of amides is 1. The summed E-state index contributed by atoms with van der Waals surface area (Å²) in [5.74, 6) is 2.54. The van der Waals surface area contributed by atoms with Crippen LogP contribution in [-0.2, 0) is 23.7 Å². The molecule has 1 atom stereocenters. The predicted octanol–water partition coefficient (Wildman–Crippen LogP) is 3.35. The molecule has 118 valence electrons. The summed E-state index contributed by atoms with van der Waals surface area (Å²) < 4.78 is 7.70. The average Bonchev–Trinajstić information content (AvgIpc) is 3.03. The number of rotatable bonds is 2. The molecule has 1 N–H and O–H groups in total. The van der Waals surface area contributed by atoms with Gasteiger partial charge >= 0.3 is 0 Å². The highest BCUT2D eigenvalue weighted by molar-refractivity contribution is 5.94. The molecule has 3 rings (SSSR count). The van der Waals surface area contributed by atoms with Crippen molar-refractivity contribution < 1.29 is 9.21 Å². The maximum absolute atomic E-state index is 12.1. The van der Waals surface area contributed by atoms with Gasteiger partial charge in [0, 0.05) is 30.9 Å². The number of hydrogen-bond donors (Lipinski definition) is 1. The van der Waals surface area contributed by atoms with E-state index in [4.69, 9.17) is 4.42 Å². The largest absolute Gasteiger partial charge is 0.465 e. The standard InChI is InChI=1S/C17H23N3O2/c1-6-10-7-8-12(22-10)11-9-13(21)18-16-14(11)15(17(2,3)4)19-20(16)5/h7-8,11H,6,9H2,1-5H3,(H,18,21). The number of aryl methyl sites for hydroxylation is 2. The van der Waals surface area contributed by atoms with Gasteiger partial charge in [0.2, 0.25) is 5.91 Å². The SMILES string of the molecule is CCc1ccc(C2CC(=O)Nc3c2c(C(C)(C)C)nn3C)o1. The van der Waals surface area contributed by atoms with Crippen molar-refractivity contribution in [2.75, 3.05) is 5.32 Å². The van der Waals surface area contributed by atoms with Crippen LogP contribution in [-0.4, -0.2) is 15.7 Å². The zero-order valence-corrected chi connectivity index (χ0v) is 13.9. The Bertz CT molecular complexity index is 719. The second-order valence-electron chi connectivity index (χ2n) is 6.95. The van der Waals surface area contributed by atoms with Crippen LogP contribution in [0.3, 0.4) is 0 Å². The van der Waals surface area contributed by atoms with E-state index in [1.165, 1.54) is 0 Å². The summed E-state index contributed by atoms with van der Waals surface area (Å²) in [5, 5.41) is 7.62. The first-order valence-electron chi connectivity index (χ1n) is 7.77. The second kappa shape index (κ2) is 5.00. The monoisotopic (exact) mass is 301 g/mol. The van der Waals surface area contributed by atoms with Crippen molar-refractivity contribution in [3.8, 4) is 0 Å². The molecule has 2 aromatic heterocycles. The molecule has 5 nitrogen and oxygen atoms in total. The minimum Gasteiger partial charge on any atom is -0.465 e. The summed E-state index contributed by atoms with van der Waals surface area (Å²) in [6, 6.07) is 3.99. The van der Waals surface area contributed by atoms with Crippen LogP contribution in [0.2, 0.25) is 0 Å². The number of nitrogens with zero attached hydrogens (tertiary/aromatic N) is 2. The molecule has 0 fully saturated rings. The van der Waals surface area contributed by atoms with E-state index in [-0.39, 0.29) is 17.2 Å². The van der Waals surface area contributed by atoms with Crippen molar-refractivity contribution >= 4 is 11.7 Å². The molecule has 1 aliphatic rings. The molecule has 3 heterocycles. The average molecular weight is 301 g/mol. The predicted molar refractivity (Wildman–Crippen MR) is 85.1 cm³/mol. The minimum absolute atomic E-state index is 0.00964. The van der Waals surface area contributed by atoms with Crippen molar-refractivity contribution in [2.45, 2.75) is 51.9 Å². The van der Waals surface area contributed by atoms with Crippen LogP contribution in [0.5, 0.6) is 0 Å². The number of furan rings is 1. The zero-order chi connectivity index (χ0) is 16.1. The maximum Gasteiger partial charge on any atom is 0.226 e. The molecule has 0 spiro atoms. The molecule has 1 amide bonds. The van der Waals surface area contributed by atoms with Crippen LogP contribution in [0.15, 0.2) is 16.5 Å². The first kappa shape index (κ1) is 14.9. The Morgan fingerprint density at radius 3 is 2.73 bits per heavy atom. The first-order chi connectivity index (χ1) is 10.3. The van der Waals surface area contributed by atoms with Gasteiger partial charge in [0.15, 0.2) is 0 Å². The molecule has 0 saturated heterocycles. The smallest absolute Gasteiger partial charge is 0.226 e. The van der Waals surface area contributed by atoms with Gasteiger partial charge in [0.1, 0.15) is 17.3 Å². The van der Waals surface area contributed by atoms with E-state index in [9.17, 15) is 4.79 Å². The Labute approximate surface area is 130 Å². The Kier molecular flexibility index (Phi) is 3.38. The zero-order valence-electron chi connectivity index (χ0n) is 13.9. The second-order valence-corrected chi connectivity index (χ2v) is 6.95. The van der Waals surface area contributed by atoms with Gasteiger partial charge in [-0.15, -0.1) is 0 Å². The Morgan fingerprint density at radius 2 is 2.14 bits per heavy atom. The molecule has 0 aromatic carbocycles. The molecule has 2 aromatic rings. The lowest BCUT2D eigenvalue weighted by atomic mass is 9.81. The molecule has 0 aliphatic carbocycles. The number of nitrogens with one attached hydrogen (secondary N) is 1. The van der Waals surface area contributed by atoms with E-state index in [0.717, 1.165) is 35.0 Å². The lowest BCUT2D eigenvalue weighted by Gasteiger charge is -2.25. The first-order valence-corrected chi connectivity index (χ1v) is 7.77. The maximum atomic E-state index is 12.1. The molecule has 22 heavy (non-hydrogen) atoms. The lowest BCUT2D eigenvalue weighted by Crippen LogP contribution is -2.26. The van der Waals surface area contributed by atoms with Crippen LogP contribution < -0.4 is 5.32 Å². The van der Waals surface area contributed by atoms with Crippen LogP contribution in [0.4, 0.5) is 5.82 Å². The van der Waals surface area contributed by atoms with Crippen molar-refractivity contribution in [2.24, 2.45) is 7.05 Å². The molecular weight excluding hydrogens is 278 g/mol. The number of aromatic nitrogens is 2. The number of anilines is 1. The quantitative estimate of drug-likeness (QED) is 0.925. The summed E-state index contributed by atoms with van der Waals surface area (Å²) in [6.07, 6.45) is 1.25. The van der Waals surface area contributed by atoms with Crippen LogP contribution in [0.25, 0.3) is 0 Å². The van der Waals surface area contributed by atoms with Gasteiger partial charge in [-0.1, -0.05) is 27.7 Å². The Balaban J connectivity index is 2.17. The van der Waals surface area contributed by atoms with Crippen molar-refractivity contribution in [3.05, 3.63) is 34.9 Å². The third-order valence-corrected chi connectivity index (χ3v) is 4.16. The third kappa shape index (κ3) is 2.34. The molecule has 5 heteroatoms. The Morgan fingerprint density at radius 1 is 1.41 bits per heavy atom. The van der Waals surface area contributed by atoms with Crippen LogP contribution in [0, 0.1) is 0 Å². The summed E-state index contributed by atoms with van der Waals surface area (Å²) >= 11 is 0. The summed E-state index contributed by atoms with van der Waals surface area (Å²) in [5.41, 5.74) is 2.02. The third-order valence-electron chi connectivity index (χ3n) is 4.16. The summed E-state index contributed by atoms with van der Waals surface area (Å²) in [4.78, 5) is 12.1. The van der Waals surface area contributed by atoms with Crippen molar-refractivity contribution in [1.82, 2.24) is 9.78 Å². The van der Waals surface area contributed by atoms with Crippen LogP contribution >= 0.6 is 0 Å². The van der Waals surface area contributed by atoms with Gasteiger partial charge in [0.05, 0.1) is 11.6 Å². The van der Waals surface area contributed by atoms with Crippen molar-refractivity contribution in [3.63, 3.8) is 0 Å². The molecule has 0 radical (unpaired) electrons. The highest BCUT2D eigenvalue weighted by atomic mass is 16.3. The van der Waals surface area contributed by atoms with E-state index in [2.05, 4.69) is 38.1 Å². The highest BCUT2D eigenvalue weighted by Crippen LogP contribution is 2.43. The number of fused-ring (bicyclic) bond motifs is 1. The Hall–Kier alpha value is -2.04. The van der Waals surface area contributed by atoms with Gasteiger partial charge in [0.25, 0.3) is 0 Å². The van der Waals surface area contributed by atoms with Gasteiger partial charge < -0.3 is 9.73 Å². The van der Waals surface area contributed by atoms with Gasteiger partial charge in [-0.2, -0.15) is 5.10 Å². The highest BCUT2D eigenvalue weighted by Gasteiger charge is 2.37. The number of hydrogen-bond acceptors (Lipinski definition) is 3. The van der Waals surface area contributed by atoms with E-state index in [1.54, 1.807) is 4.68 Å². The van der Waals surface area contributed by atoms with E-state index in [1.807, 2.05) is 19.2 Å². The topological polar surface area (TPSA) is 60.1 Å². The fourth-order valence-corrected chi connectivity index (χ4v) is 3.06. The number of carbonyl (C=O) groups is 1. The molecule has 1 unspecified atom stereocenters. The van der Waals surface area contributed by atoms with Crippen molar-refractivity contribution in [1.29, 1.82) is 0 Å². The lowest BCUT2D eigenvalue weighted by molar-refractivity contribution is -0.116. The van der Waals surface area contributed by atoms with E-state index < -0.39 is 0 Å². The van der Waals surface area contributed by atoms with Gasteiger partial charge in [-0.25, -0.2) is 0 Å². The van der Waals surface area contributed by atoms with E-state index in [0.29, 0.717) is 6.42 Å². The fraction of sp³-hybridized carbons (Fsp3) is 0.529. The molecule has 0 saturated carbocycles. The normalized spacial score (nSPS) is 18.2. The molecular formula is C17H23N3O2. The van der Waals surface area contributed by atoms with Crippen LogP contribution in [0.1, 0.15) is 62.8 Å². The fourth-order valence-electron chi connectivity index (χ4n) is 3.06. The van der Waals surface area contributed by atoms with Gasteiger partial charge in [-0.05, 0) is 12.1 Å². The number of carbonyl (C=O) groups excluding carboxylic acids is 1. The minimum atomic E-state index is -0.0914. The van der Waals surface area contributed by atoms with E-state index >= 15 is 0 Å². The molecule has 0 bridgehead atoms. The summed E-state index contributed by atoms with van der Waals surface area (Å²) in [6.45, 7) is 8.49. The summed E-state index contributed by atoms with van der Waals surface area (Å²) in [7, 11) is 1.87. The molecule has 1 aliphatic heterocycles.